The summed E-state index contributed by atoms with van der Waals surface area (Å²) in [5.74, 6) is 0.955. The highest BCUT2D eigenvalue weighted by atomic mass is 15.3. The Balaban J connectivity index is 2.41. The third kappa shape index (κ3) is 1.90. The van der Waals surface area contributed by atoms with Crippen molar-refractivity contribution in [1.82, 2.24) is 15.2 Å². The van der Waals surface area contributed by atoms with Gasteiger partial charge in [-0.05, 0) is 12.1 Å². The Bertz CT molecular complexity index is 460. The average molecular weight is 203 g/mol. The minimum Gasteiger partial charge on any atom is -0.378 e. The lowest BCUT2D eigenvalue weighted by Crippen LogP contribution is -2.08. The largest absolute Gasteiger partial charge is 0.378 e. The first-order chi connectivity index (χ1) is 7.16. The van der Waals surface area contributed by atoms with Crippen LogP contribution >= 0.6 is 0 Å². The Morgan fingerprint density at radius 2 is 2.13 bits per heavy atom. The Hall–Kier alpha value is -2.04. The molecule has 0 aliphatic heterocycles. The van der Waals surface area contributed by atoms with Crippen molar-refractivity contribution in [2.75, 3.05) is 24.7 Å². The van der Waals surface area contributed by atoms with E-state index >= 15 is 0 Å². The van der Waals surface area contributed by atoms with Crippen LogP contribution in [0.25, 0.3) is 11.4 Å². The number of nitrogens with zero attached hydrogens (tertiary/aromatic N) is 3. The monoisotopic (exact) mass is 203 g/mol. The number of rotatable bonds is 2. The summed E-state index contributed by atoms with van der Waals surface area (Å²) >= 11 is 0. The standard InChI is InChI=1S/C10H13N5/c1-15(2)8-5-3-4-7(6-8)9-12-10(11)14-13-9/h3-6H,1-2H3,(H3,11,12,13,14). The van der Waals surface area contributed by atoms with Gasteiger partial charge in [0.2, 0.25) is 5.95 Å². The van der Waals surface area contributed by atoms with Crippen molar-refractivity contribution < 1.29 is 0 Å². The van der Waals surface area contributed by atoms with Gasteiger partial charge in [-0.3, -0.25) is 5.10 Å². The lowest BCUT2D eigenvalue weighted by atomic mass is 10.2. The highest BCUT2D eigenvalue weighted by molar-refractivity contribution is 5.63. The summed E-state index contributed by atoms with van der Waals surface area (Å²) in [6, 6.07) is 8.00. The van der Waals surface area contributed by atoms with Crippen LogP contribution in [0.2, 0.25) is 0 Å². The number of H-pyrrole nitrogens is 1. The second-order valence-corrected chi connectivity index (χ2v) is 3.49. The van der Waals surface area contributed by atoms with Gasteiger partial charge >= 0.3 is 0 Å². The SMILES string of the molecule is CN(C)c1cccc(-c2nc(N)n[nH]2)c1. The Morgan fingerprint density at radius 3 is 2.73 bits per heavy atom. The van der Waals surface area contributed by atoms with Crippen LogP contribution in [-0.4, -0.2) is 29.3 Å². The van der Waals surface area contributed by atoms with E-state index in [-0.39, 0.29) is 5.95 Å². The molecular weight excluding hydrogens is 190 g/mol. The molecule has 0 aliphatic carbocycles. The molecule has 1 aromatic heterocycles. The zero-order valence-electron chi connectivity index (χ0n) is 8.73. The van der Waals surface area contributed by atoms with Gasteiger partial charge in [0.05, 0.1) is 0 Å². The molecule has 5 heteroatoms. The number of aromatic amines is 1. The third-order valence-corrected chi connectivity index (χ3v) is 2.14. The molecule has 5 nitrogen and oxygen atoms in total. The number of aromatic nitrogens is 3. The maximum Gasteiger partial charge on any atom is 0.239 e. The lowest BCUT2D eigenvalue weighted by Gasteiger charge is -2.12. The summed E-state index contributed by atoms with van der Waals surface area (Å²) in [4.78, 5) is 6.10. The Kier molecular flexibility index (Phi) is 2.29. The van der Waals surface area contributed by atoms with E-state index in [4.69, 9.17) is 5.73 Å². The fourth-order valence-corrected chi connectivity index (χ4v) is 1.34. The number of anilines is 2. The molecule has 0 saturated carbocycles. The highest BCUT2D eigenvalue weighted by Gasteiger charge is 2.04. The van der Waals surface area contributed by atoms with E-state index in [9.17, 15) is 0 Å². The van der Waals surface area contributed by atoms with Crippen LogP contribution in [0.5, 0.6) is 0 Å². The van der Waals surface area contributed by atoms with Crippen molar-refractivity contribution in [3.05, 3.63) is 24.3 Å². The summed E-state index contributed by atoms with van der Waals surface area (Å²) in [5, 5.41) is 6.58. The average Bonchev–Trinajstić information content (AvgIpc) is 2.65. The lowest BCUT2D eigenvalue weighted by molar-refractivity contribution is 1.10. The van der Waals surface area contributed by atoms with Crippen molar-refractivity contribution in [2.45, 2.75) is 0 Å². The molecule has 78 valence electrons. The number of hydrogen-bond acceptors (Lipinski definition) is 4. The normalized spacial score (nSPS) is 10.3. The quantitative estimate of drug-likeness (QED) is 0.767. The molecule has 15 heavy (non-hydrogen) atoms. The van der Waals surface area contributed by atoms with Gasteiger partial charge in [-0.25, -0.2) is 0 Å². The second kappa shape index (κ2) is 3.61. The number of nitrogen functional groups attached to an aromatic ring is 1. The molecule has 0 aliphatic rings. The summed E-state index contributed by atoms with van der Waals surface area (Å²) in [5.41, 5.74) is 7.54. The first-order valence-electron chi connectivity index (χ1n) is 4.62. The van der Waals surface area contributed by atoms with Gasteiger partial charge in [0.1, 0.15) is 0 Å². The van der Waals surface area contributed by atoms with Gasteiger partial charge in [-0.1, -0.05) is 12.1 Å². The van der Waals surface area contributed by atoms with E-state index in [2.05, 4.69) is 15.2 Å². The van der Waals surface area contributed by atoms with Crippen molar-refractivity contribution in [2.24, 2.45) is 0 Å². The highest BCUT2D eigenvalue weighted by Crippen LogP contribution is 2.20. The molecular formula is C10H13N5. The molecule has 0 fully saturated rings. The molecule has 0 unspecified atom stereocenters. The zero-order valence-corrected chi connectivity index (χ0v) is 8.73. The van der Waals surface area contributed by atoms with Crippen molar-refractivity contribution in [3.63, 3.8) is 0 Å². The fourth-order valence-electron chi connectivity index (χ4n) is 1.34. The molecule has 0 spiro atoms. The van der Waals surface area contributed by atoms with E-state index in [0.29, 0.717) is 5.82 Å². The van der Waals surface area contributed by atoms with Gasteiger partial charge in [-0.15, -0.1) is 5.10 Å². The smallest absolute Gasteiger partial charge is 0.239 e. The predicted molar refractivity (Wildman–Crippen MR) is 60.6 cm³/mol. The maximum absolute atomic E-state index is 5.45. The third-order valence-electron chi connectivity index (χ3n) is 2.14. The van der Waals surface area contributed by atoms with Gasteiger partial charge in [-0.2, -0.15) is 4.98 Å². The predicted octanol–water partition coefficient (Wildman–Crippen LogP) is 1.12. The Morgan fingerprint density at radius 1 is 1.33 bits per heavy atom. The van der Waals surface area contributed by atoms with Crippen LogP contribution in [0.15, 0.2) is 24.3 Å². The Labute approximate surface area is 87.9 Å². The van der Waals surface area contributed by atoms with Crippen molar-refractivity contribution in [1.29, 1.82) is 0 Å². The number of nitrogens with two attached hydrogens (primary N) is 1. The number of nitrogens with one attached hydrogen (secondary N) is 1. The van der Waals surface area contributed by atoms with Crippen LogP contribution in [-0.2, 0) is 0 Å². The molecule has 0 radical (unpaired) electrons. The van der Waals surface area contributed by atoms with Gasteiger partial charge in [0.15, 0.2) is 5.82 Å². The first-order valence-corrected chi connectivity index (χ1v) is 4.62. The molecule has 0 atom stereocenters. The van der Waals surface area contributed by atoms with Gasteiger partial charge < -0.3 is 10.6 Å². The first kappa shape index (κ1) is 9.51. The number of hydrogen-bond donors (Lipinski definition) is 2. The zero-order chi connectivity index (χ0) is 10.8. The van der Waals surface area contributed by atoms with E-state index in [0.717, 1.165) is 11.3 Å². The minimum atomic E-state index is 0.264. The van der Waals surface area contributed by atoms with Crippen molar-refractivity contribution in [3.8, 4) is 11.4 Å². The molecule has 2 aromatic rings. The molecule has 2 rings (SSSR count). The van der Waals surface area contributed by atoms with E-state index in [1.165, 1.54) is 0 Å². The molecule has 0 amide bonds. The number of benzene rings is 1. The summed E-state index contributed by atoms with van der Waals surface area (Å²) in [7, 11) is 3.99. The van der Waals surface area contributed by atoms with Crippen molar-refractivity contribution >= 4 is 11.6 Å². The summed E-state index contributed by atoms with van der Waals surface area (Å²) < 4.78 is 0. The topological polar surface area (TPSA) is 70.8 Å². The van der Waals surface area contributed by atoms with E-state index in [1.807, 2.05) is 43.3 Å². The van der Waals surface area contributed by atoms with E-state index in [1.54, 1.807) is 0 Å². The van der Waals surface area contributed by atoms with Gasteiger partial charge in [0.25, 0.3) is 0 Å². The molecule has 1 heterocycles. The van der Waals surface area contributed by atoms with Gasteiger partial charge in [0, 0.05) is 25.3 Å². The van der Waals surface area contributed by atoms with Crippen LogP contribution in [0.3, 0.4) is 0 Å². The maximum atomic E-state index is 5.45. The molecule has 1 aromatic carbocycles. The summed E-state index contributed by atoms with van der Waals surface area (Å²) in [6.45, 7) is 0. The fraction of sp³-hybridized carbons (Fsp3) is 0.200. The van der Waals surface area contributed by atoms with Crippen LogP contribution < -0.4 is 10.6 Å². The molecule has 0 bridgehead atoms. The van der Waals surface area contributed by atoms with Crippen LogP contribution in [0, 0.1) is 0 Å². The summed E-state index contributed by atoms with van der Waals surface area (Å²) in [6.07, 6.45) is 0. The van der Waals surface area contributed by atoms with Crippen LogP contribution in [0.4, 0.5) is 11.6 Å². The molecule has 3 N–H and O–H groups in total. The second-order valence-electron chi connectivity index (χ2n) is 3.49. The van der Waals surface area contributed by atoms with E-state index < -0.39 is 0 Å². The van der Waals surface area contributed by atoms with Crippen LogP contribution in [0.1, 0.15) is 0 Å². The molecule has 0 saturated heterocycles. The minimum absolute atomic E-state index is 0.264.